The monoisotopic (exact) mass is 1970 g/mol. The lowest BCUT2D eigenvalue weighted by Gasteiger charge is -2.52. The summed E-state index contributed by atoms with van der Waals surface area (Å²) in [4.78, 5) is 52.5. The van der Waals surface area contributed by atoms with Crippen LogP contribution in [0, 0.1) is 0 Å². The molecule has 0 aromatic heterocycles. The molecular formula is C90H160N4O42. The molecule has 8 rings (SSSR count). The summed E-state index contributed by atoms with van der Waals surface area (Å²) in [5.74, 6) is -3.06. The molecule has 26 N–H and O–H groups in total. The first-order valence-electron chi connectivity index (χ1n) is 48.8. The van der Waals surface area contributed by atoms with Crippen LogP contribution in [0.15, 0.2) is 12.2 Å². The normalized spacial score (nSPS) is 39.5. The van der Waals surface area contributed by atoms with Crippen molar-refractivity contribution in [2.75, 3.05) is 52.9 Å². The Labute approximate surface area is 793 Å². The fraction of sp³-hybridized carbons (Fsp3) is 0.933. The number of aliphatic hydroxyl groups is 22. The van der Waals surface area contributed by atoms with E-state index in [9.17, 15) is 132 Å². The van der Waals surface area contributed by atoms with Crippen LogP contribution in [0.5, 0.6) is 0 Å². The highest BCUT2D eigenvalue weighted by atomic mass is 16.8. The van der Waals surface area contributed by atoms with E-state index in [4.69, 9.17) is 75.8 Å². The van der Waals surface area contributed by atoms with E-state index >= 15 is 0 Å². The predicted octanol–water partition coefficient (Wildman–Crippen LogP) is -5.60. The van der Waals surface area contributed by atoms with Crippen molar-refractivity contribution in [3.8, 4) is 0 Å². The molecule has 46 heteroatoms. The van der Waals surface area contributed by atoms with E-state index in [1.54, 1.807) is 6.08 Å². The van der Waals surface area contributed by atoms with Gasteiger partial charge in [-0.3, -0.25) is 19.2 Å². The van der Waals surface area contributed by atoms with Gasteiger partial charge in [-0.05, 0) is 26.2 Å². The number of amides is 4. The van der Waals surface area contributed by atoms with Gasteiger partial charge in [-0.1, -0.05) is 180 Å². The van der Waals surface area contributed by atoms with Gasteiger partial charge >= 0.3 is 0 Å². The minimum absolute atomic E-state index is 0.153. The van der Waals surface area contributed by atoms with E-state index in [0.717, 1.165) is 72.1 Å². The van der Waals surface area contributed by atoms with Gasteiger partial charge in [0.2, 0.25) is 23.6 Å². The van der Waals surface area contributed by atoms with Crippen LogP contribution in [0.2, 0.25) is 0 Å². The fourth-order valence-corrected chi connectivity index (χ4v) is 18.4. The van der Waals surface area contributed by atoms with Gasteiger partial charge in [0, 0.05) is 27.2 Å². The number of aliphatic hydroxyl groups excluding tert-OH is 22. The third-order valence-corrected chi connectivity index (χ3v) is 26.3. The Morgan fingerprint density at radius 3 is 1.02 bits per heavy atom. The van der Waals surface area contributed by atoms with Crippen molar-refractivity contribution >= 4 is 23.6 Å². The van der Waals surface area contributed by atoms with Crippen LogP contribution in [0.1, 0.15) is 221 Å². The summed E-state index contributed by atoms with van der Waals surface area (Å²) in [5, 5.41) is 260. The van der Waals surface area contributed by atoms with Crippen molar-refractivity contribution < 1.29 is 207 Å². The maximum atomic E-state index is 13.6. The maximum Gasteiger partial charge on any atom is 0.220 e. The summed E-state index contributed by atoms with van der Waals surface area (Å²) < 4.78 is 96.6. The van der Waals surface area contributed by atoms with Gasteiger partial charge in [-0.2, -0.15) is 0 Å². The van der Waals surface area contributed by atoms with E-state index < -0.39 is 328 Å². The minimum atomic E-state index is -2.37. The van der Waals surface area contributed by atoms with Crippen LogP contribution < -0.4 is 21.3 Å². The van der Waals surface area contributed by atoms with Crippen molar-refractivity contribution in [3.63, 3.8) is 0 Å². The number of carbonyl (C=O) groups excluding carboxylic acids is 4. The number of carbonyl (C=O) groups is 4. The molecule has 0 radical (unpaired) electrons. The summed E-state index contributed by atoms with van der Waals surface area (Å²) in [6.45, 7) is 0.604. The van der Waals surface area contributed by atoms with Gasteiger partial charge in [-0.25, -0.2) is 0 Å². The van der Waals surface area contributed by atoms with E-state index in [-0.39, 0.29) is 12.3 Å². The Kier molecular flexibility index (Phi) is 51.9. The van der Waals surface area contributed by atoms with Crippen molar-refractivity contribution in [2.24, 2.45) is 0 Å². The molecule has 0 spiro atoms. The lowest BCUT2D eigenvalue weighted by atomic mass is 9.93. The molecule has 0 aromatic carbocycles. The van der Waals surface area contributed by atoms with Crippen LogP contribution in [0.4, 0.5) is 0 Å². The predicted molar refractivity (Wildman–Crippen MR) is 469 cm³/mol. The molecule has 42 atom stereocenters. The molecule has 8 aliphatic rings. The molecule has 8 saturated heterocycles. The Bertz CT molecular complexity index is 3380. The third kappa shape index (κ3) is 33.3. The average molecular weight is 1970 g/mol. The van der Waals surface area contributed by atoms with Gasteiger partial charge in [-0.15, -0.1) is 0 Å². The quantitative estimate of drug-likeness (QED) is 0.0199. The molecule has 0 aromatic rings. The summed E-state index contributed by atoms with van der Waals surface area (Å²) in [5.41, 5.74) is 0. The second-order valence-electron chi connectivity index (χ2n) is 37.0. The zero-order valence-corrected chi connectivity index (χ0v) is 78.9. The molecule has 8 fully saturated rings. The summed E-state index contributed by atoms with van der Waals surface area (Å²) in [7, 11) is 0. The van der Waals surface area contributed by atoms with Gasteiger partial charge in [0.15, 0.2) is 50.3 Å². The largest absolute Gasteiger partial charge is 0.394 e. The molecule has 8 heterocycles. The first-order chi connectivity index (χ1) is 65.1. The Hall–Kier alpha value is -3.90. The summed E-state index contributed by atoms with van der Waals surface area (Å²) in [6.07, 6.45) is -41.3. The molecular weight excluding hydrogens is 1810 g/mol. The van der Waals surface area contributed by atoms with Crippen LogP contribution in [-0.2, 0) is 95.0 Å². The Morgan fingerprint density at radius 1 is 0.301 bits per heavy atom. The smallest absolute Gasteiger partial charge is 0.220 e. The molecule has 16 unspecified atom stereocenters. The number of hydrogen-bond acceptors (Lipinski definition) is 42. The van der Waals surface area contributed by atoms with Crippen molar-refractivity contribution in [2.45, 2.75) is 479 Å². The first-order valence-corrected chi connectivity index (χ1v) is 48.8. The minimum Gasteiger partial charge on any atom is -0.394 e. The topological polar surface area (TPSA) is 709 Å². The van der Waals surface area contributed by atoms with Gasteiger partial charge in [0.05, 0.1) is 71.1 Å². The van der Waals surface area contributed by atoms with Crippen LogP contribution in [0.3, 0.4) is 0 Å². The average Bonchev–Trinajstić information content (AvgIpc) is 0.760. The number of hydrogen-bond donors (Lipinski definition) is 26. The molecule has 136 heavy (non-hydrogen) atoms. The lowest BCUT2D eigenvalue weighted by molar-refractivity contribution is -0.402. The molecule has 8 aliphatic heterocycles. The van der Waals surface area contributed by atoms with Crippen molar-refractivity contribution in [1.29, 1.82) is 0 Å². The summed E-state index contributed by atoms with van der Waals surface area (Å²) in [6, 6.07) is -6.71. The Balaban J connectivity index is 0.936. The van der Waals surface area contributed by atoms with Crippen molar-refractivity contribution in [3.05, 3.63) is 12.2 Å². The van der Waals surface area contributed by atoms with Crippen LogP contribution in [-0.4, -0.2) is 446 Å². The standard InChI is InChI=1S/C90H160N4O42/c1-7-9-11-13-15-17-19-21-22-24-26-28-30-32-34-36-58(106)94-49(50(105)35-33-31-29-27-25-23-20-18-16-14-12-10-8-2)44-121-86-73(118)71(116)78(57(43-101)129-86)131-89-75(120)80(65(110)53(39-97)125-89)134-84-60(92-47(5)103)68(113)76(55(41-99)127-84)130-88-74(119)79(64(109)52(38-96)124-88)133-85-61(93-48(6)104)69(114)77(56(42-100)128-85)132-90-82(136-87-72(117)70(115)62(107)45(3)122-87)81(66(111)54(40-98)126-90)135-83-59(91-46(4)102)67(112)63(108)51(37-95)123-83/h33,35,45,49-57,59-90,95-101,105,107-120H,7-32,34,36-44H2,1-6H3,(H,91,102)(H,92,103)(H,93,104)(H,94,106)/b35-33+/t45?,49-,50+,51?,52?,53?,54?,55?,56?,57?,59?,60?,61?,62+,63-,64-,65-,66-,67+,68+,69+,70?,71+,72-,73?,74?,75?,76+,77+,78+,79-,80-,81-,82?,83+,84-,85-,86+,87+,88-,89-,90-/m0/s1. The van der Waals surface area contributed by atoms with E-state index in [1.807, 2.05) is 6.08 Å². The number of nitrogens with one attached hydrogen (secondary N) is 4. The highest BCUT2D eigenvalue weighted by Crippen LogP contribution is 2.41. The Morgan fingerprint density at radius 2 is 0.610 bits per heavy atom. The van der Waals surface area contributed by atoms with Gasteiger partial charge < -0.3 is 209 Å². The zero-order valence-electron chi connectivity index (χ0n) is 78.9. The number of rotatable bonds is 58. The maximum absolute atomic E-state index is 13.6. The third-order valence-electron chi connectivity index (χ3n) is 26.3. The first kappa shape index (κ1) is 117. The molecule has 46 nitrogen and oxygen atoms in total. The molecule has 0 saturated carbocycles. The van der Waals surface area contributed by atoms with Crippen LogP contribution in [0.25, 0.3) is 0 Å². The number of allylic oxidation sites excluding steroid dienone is 1. The second kappa shape index (κ2) is 60.1. The van der Waals surface area contributed by atoms with E-state index in [1.165, 1.54) is 116 Å². The van der Waals surface area contributed by atoms with Gasteiger partial charge in [0.25, 0.3) is 0 Å². The zero-order chi connectivity index (χ0) is 99.6. The van der Waals surface area contributed by atoms with E-state index in [0.29, 0.717) is 12.8 Å². The lowest BCUT2D eigenvalue weighted by Crippen LogP contribution is -2.71. The molecule has 792 valence electrons. The summed E-state index contributed by atoms with van der Waals surface area (Å²) >= 11 is 0. The highest BCUT2D eigenvalue weighted by Gasteiger charge is 2.61. The van der Waals surface area contributed by atoms with E-state index in [2.05, 4.69) is 35.1 Å². The fourth-order valence-electron chi connectivity index (χ4n) is 18.4. The molecule has 0 bridgehead atoms. The molecule has 4 amide bonds. The number of ether oxygens (including phenoxy) is 16. The van der Waals surface area contributed by atoms with Crippen molar-refractivity contribution in [1.82, 2.24) is 21.3 Å². The molecule has 0 aliphatic carbocycles. The number of unbranched alkanes of at least 4 members (excludes halogenated alkanes) is 25. The SMILES string of the molecule is CCCCCCCCCCCCC/C=C/[C@@H](O)[C@H](CO[C@@H]1OC(CO)[C@@H](O[C@@H]2OC(CO)[C@H](O)[C@H](O[C@@H]3OC(CO)[C@@H](O[C@@H]4OC(CO)[C@H](O)[C@H](O[C@@H]5OC(CO)[C@@H](O[C@@H]6OC(CO)[C@H](O)[C@H](O[C@H]7OC(CO)[C@H](O)[C@H](O)C7NC(C)=O)C6O[C@H]6OC(C)[C@@H](O)C(O)[C@@H]6O)[C@H](O)C5NC(C)=O)C4O)[C@H](O)C3NC(C)=O)C2O)[C@H](O)C1O)NC(=O)CCCCCCCCCCCCCCCCC. The highest BCUT2D eigenvalue weighted by molar-refractivity contribution is 5.76. The van der Waals surface area contributed by atoms with Gasteiger partial charge in [0.1, 0.15) is 189 Å². The second-order valence-corrected chi connectivity index (χ2v) is 37.0. The van der Waals surface area contributed by atoms with Crippen LogP contribution >= 0.6 is 0 Å².